The average molecular weight is 282 g/mol. The summed E-state index contributed by atoms with van der Waals surface area (Å²) < 4.78 is 5.63. The number of ether oxygens (including phenoxy) is 1. The van der Waals surface area contributed by atoms with Crippen LogP contribution in [0.3, 0.4) is 0 Å². The summed E-state index contributed by atoms with van der Waals surface area (Å²) in [6.45, 7) is 11.0. The van der Waals surface area contributed by atoms with E-state index < -0.39 is 0 Å². The van der Waals surface area contributed by atoms with Gasteiger partial charge in [0.1, 0.15) is 0 Å². The van der Waals surface area contributed by atoms with E-state index in [4.69, 9.17) is 4.74 Å². The van der Waals surface area contributed by atoms with Gasteiger partial charge in [0.2, 0.25) is 0 Å². The predicted octanol–water partition coefficient (Wildman–Crippen LogP) is 3.04. The van der Waals surface area contributed by atoms with Gasteiger partial charge in [0, 0.05) is 24.7 Å². The SMILES string of the molecule is CCCNC1CCC(CCC)CC1N1CCOCC1C. The summed E-state index contributed by atoms with van der Waals surface area (Å²) >= 11 is 0. The van der Waals surface area contributed by atoms with Crippen molar-refractivity contribution in [2.45, 2.75) is 77.4 Å². The van der Waals surface area contributed by atoms with Gasteiger partial charge in [-0.15, -0.1) is 0 Å². The monoisotopic (exact) mass is 282 g/mol. The second-order valence-electron chi connectivity index (χ2n) is 6.76. The van der Waals surface area contributed by atoms with Gasteiger partial charge in [-0.2, -0.15) is 0 Å². The molecule has 4 atom stereocenters. The summed E-state index contributed by atoms with van der Waals surface area (Å²) in [5.74, 6) is 0.944. The van der Waals surface area contributed by atoms with Crippen molar-refractivity contribution in [3.8, 4) is 0 Å². The molecule has 0 aromatic heterocycles. The normalized spacial score (nSPS) is 36.1. The van der Waals surface area contributed by atoms with Crippen molar-refractivity contribution in [3.63, 3.8) is 0 Å². The van der Waals surface area contributed by atoms with Gasteiger partial charge in [0.25, 0.3) is 0 Å². The molecular formula is C17H34N2O. The van der Waals surface area contributed by atoms with Gasteiger partial charge in [-0.1, -0.05) is 26.7 Å². The van der Waals surface area contributed by atoms with E-state index in [1.165, 1.54) is 45.1 Å². The summed E-state index contributed by atoms with van der Waals surface area (Å²) in [6, 6.07) is 2.01. The fourth-order valence-corrected chi connectivity index (χ4v) is 4.07. The van der Waals surface area contributed by atoms with E-state index in [-0.39, 0.29) is 0 Å². The standard InChI is InChI=1S/C17H34N2O/c1-4-6-15-7-8-16(18-9-5-2)17(12-15)19-10-11-20-13-14(19)3/h14-18H,4-13H2,1-3H3. The zero-order valence-electron chi connectivity index (χ0n) is 13.7. The molecule has 3 nitrogen and oxygen atoms in total. The number of rotatable bonds is 6. The Morgan fingerprint density at radius 3 is 2.75 bits per heavy atom. The first-order valence-electron chi connectivity index (χ1n) is 8.83. The molecule has 2 rings (SSSR count). The van der Waals surface area contributed by atoms with Crippen LogP contribution >= 0.6 is 0 Å². The Morgan fingerprint density at radius 2 is 2.05 bits per heavy atom. The molecule has 0 bridgehead atoms. The van der Waals surface area contributed by atoms with Crippen molar-refractivity contribution in [1.29, 1.82) is 0 Å². The summed E-state index contributed by atoms with van der Waals surface area (Å²) in [5, 5.41) is 3.82. The highest BCUT2D eigenvalue weighted by Gasteiger charge is 2.36. The molecule has 2 fully saturated rings. The summed E-state index contributed by atoms with van der Waals surface area (Å²) in [4.78, 5) is 2.73. The van der Waals surface area contributed by atoms with Crippen LogP contribution in [0, 0.1) is 5.92 Å². The smallest absolute Gasteiger partial charge is 0.0619 e. The van der Waals surface area contributed by atoms with Crippen molar-refractivity contribution in [2.75, 3.05) is 26.3 Å². The maximum Gasteiger partial charge on any atom is 0.0619 e. The third-order valence-corrected chi connectivity index (χ3v) is 5.12. The van der Waals surface area contributed by atoms with Gasteiger partial charge in [-0.05, 0) is 45.1 Å². The van der Waals surface area contributed by atoms with E-state index in [9.17, 15) is 0 Å². The number of morpholine rings is 1. The van der Waals surface area contributed by atoms with E-state index in [1.807, 2.05) is 0 Å². The van der Waals surface area contributed by atoms with Crippen molar-refractivity contribution < 1.29 is 4.74 Å². The Labute approximate surface area is 125 Å². The molecule has 1 aliphatic heterocycles. The molecule has 0 spiro atoms. The van der Waals surface area contributed by atoms with E-state index in [0.29, 0.717) is 12.1 Å². The molecule has 1 N–H and O–H groups in total. The van der Waals surface area contributed by atoms with Crippen LogP contribution < -0.4 is 5.32 Å². The molecule has 0 aromatic carbocycles. The Morgan fingerprint density at radius 1 is 1.20 bits per heavy atom. The fourth-order valence-electron chi connectivity index (χ4n) is 4.07. The van der Waals surface area contributed by atoms with E-state index in [2.05, 4.69) is 31.0 Å². The topological polar surface area (TPSA) is 24.5 Å². The predicted molar refractivity (Wildman–Crippen MR) is 85.1 cm³/mol. The fraction of sp³-hybridized carbons (Fsp3) is 1.00. The maximum atomic E-state index is 5.63. The highest BCUT2D eigenvalue weighted by molar-refractivity contribution is 4.93. The molecule has 4 unspecified atom stereocenters. The third kappa shape index (κ3) is 4.19. The van der Waals surface area contributed by atoms with Gasteiger partial charge in [0.15, 0.2) is 0 Å². The lowest BCUT2D eigenvalue weighted by atomic mass is 9.79. The summed E-state index contributed by atoms with van der Waals surface area (Å²) in [7, 11) is 0. The molecule has 1 aliphatic carbocycles. The minimum atomic E-state index is 0.583. The minimum Gasteiger partial charge on any atom is -0.379 e. The molecule has 118 valence electrons. The lowest BCUT2D eigenvalue weighted by molar-refractivity contribution is -0.0426. The van der Waals surface area contributed by atoms with Crippen LogP contribution in [0.25, 0.3) is 0 Å². The lowest BCUT2D eigenvalue weighted by Gasteiger charge is -2.47. The third-order valence-electron chi connectivity index (χ3n) is 5.12. The molecular weight excluding hydrogens is 248 g/mol. The first kappa shape index (κ1) is 16.3. The molecule has 1 saturated carbocycles. The molecule has 2 aliphatic rings. The Balaban J connectivity index is 1.99. The van der Waals surface area contributed by atoms with Crippen molar-refractivity contribution in [2.24, 2.45) is 5.92 Å². The Kier molecular flexibility index (Phi) is 6.79. The van der Waals surface area contributed by atoms with Crippen LogP contribution in [0.4, 0.5) is 0 Å². The minimum absolute atomic E-state index is 0.583. The summed E-state index contributed by atoms with van der Waals surface area (Å²) in [6.07, 6.45) is 8.16. The van der Waals surface area contributed by atoms with Gasteiger partial charge in [0.05, 0.1) is 13.2 Å². The molecule has 0 radical (unpaired) electrons. The first-order valence-corrected chi connectivity index (χ1v) is 8.83. The molecule has 1 heterocycles. The van der Waals surface area contributed by atoms with Gasteiger partial charge < -0.3 is 10.1 Å². The van der Waals surface area contributed by atoms with Gasteiger partial charge in [-0.25, -0.2) is 0 Å². The zero-order valence-corrected chi connectivity index (χ0v) is 13.7. The molecule has 0 aromatic rings. The Bertz CT molecular complexity index is 272. The number of hydrogen-bond donors (Lipinski definition) is 1. The van der Waals surface area contributed by atoms with Crippen LogP contribution in [0.1, 0.15) is 59.3 Å². The molecule has 3 heteroatoms. The first-order chi connectivity index (χ1) is 9.76. The van der Waals surface area contributed by atoms with Crippen LogP contribution in [0.15, 0.2) is 0 Å². The van der Waals surface area contributed by atoms with Crippen LogP contribution in [-0.4, -0.2) is 49.3 Å². The number of hydrogen-bond acceptors (Lipinski definition) is 3. The quantitative estimate of drug-likeness (QED) is 0.810. The van der Waals surface area contributed by atoms with E-state index in [1.54, 1.807) is 0 Å². The van der Waals surface area contributed by atoms with E-state index in [0.717, 1.165) is 31.7 Å². The van der Waals surface area contributed by atoms with Crippen LogP contribution in [0.5, 0.6) is 0 Å². The largest absolute Gasteiger partial charge is 0.379 e. The van der Waals surface area contributed by atoms with Crippen molar-refractivity contribution in [3.05, 3.63) is 0 Å². The van der Waals surface area contributed by atoms with Gasteiger partial charge >= 0.3 is 0 Å². The molecule has 1 saturated heterocycles. The number of nitrogens with one attached hydrogen (secondary N) is 1. The number of nitrogens with zero attached hydrogens (tertiary/aromatic N) is 1. The van der Waals surface area contributed by atoms with Gasteiger partial charge in [-0.3, -0.25) is 4.90 Å². The maximum absolute atomic E-state index is 5.63. The Hall–Kier alpha value is -0.120. The lowest BCUT2D eigenvalue weighted by Crippen LogP contribution is -2.59. The van der Waals surface area contributed by atoms with Crippen molar-refractivity contribution >= 4 is 0 Å². The summed E-state index contributed by atoms with van der Waals surface area (Å²) in [5.41, 5.74) is 0. The van der Waals surface area contributed by atoms with E-state index >= 15 is 0 Å². The highest BCUT2D eigenvalue weighted by Crippen LogP contribution is 2.32. The second kappa shape index (κ2) is 8.35. The molecule has 20 heavy (non-hydrogen) atoms. The average Bonchev–Trinajstić information content (AvgIpc) is 2.47. The molecule has 0 amide bonds. The van der Waals surface area contributed by atoms with Crippen molar-refractivity contribution in [1.82, 2.24) is 10.2 Å². The second-order valence-corrected chi connectivity index (χ2v) is 6.76. The zero-order chi connectivity index (χ0) is 14.4. The van der Waals surface area contributed by atoms with Crippen LogP contribution in [0.2, 0.25) is 0 Å². The highest BCUT2D eigenvalue weighted by atomic mass is 16.5. The van der Waals surface area contributed by atoms with Crippen LogP contribution in [-0.2, 0) is 4.74 Å².